The molecule has 0 fully saturated rings. The average molecular weight is 311 g/mol. The highest BCUT2D eigenvalue weighted by Crippen LogP contribution is 2.64. The van der Waals surface area contributed by atoms with E-state index < -0.39 is 14.1 Å². The maximum absolute atomic E-state index is 12.4. The molecule has 7 heteroatoms. The highest BCUT2D eigenvalue weighted by Gasteiger charge is 2.35. The molecule has 1 aromatic carbocycles. The van der Waals surface area contributed by atoms with E-state index in [1.54, 1.807) is 44.2 Å². The van der Waals surface area contributed by atoms with Crippen LogP contribution >= 0.6 is 25.3 Å². The fourth-order valence-corrected chi connectivity index (χ4v) is 7.55. The second kappa shape index (κ2) is 6.88. The van der Waals surface area contributed by atoms with Gasteiger partial charge in [-0.25, -0.2) is 0 Å². The molecule has 1 rings (SSSR count). The first-order chi connectivity index (χ1) is 8.43. The smallest absolute Gasteiger partial charge is 0.309 e. The number of hydrogen-bond acceptors (Lipinski definition) is 4. The van der Waals surface area contributed by atoms with E-state index in [4.69, 9.17) is 20.3 Å². The summed E-state index contributed by atoms with van der Waals surface area (Å²) in [5.74, 6) is -0.284. The van der Waals surface area contributed by atoms with Gasteiger partial charge in [0.05, 0.1) is 13.2 Å². The van der Waals surface area contributed by atoms with Gasteiger partial charge in [0, 0.05) is 5.30 Å². The summed E-state index contributed by atoms with van der Waals surface area (Å²) in [5.41, 5.74) is 0. The van der Waals surface area contributed by atoms with Crippen molar-refractivity contribution in [3.63, 3.8) is 0 Å². The predicted octanol–water partition coefficient (Wildman–Crippen LogP) is 4.05. The Labute approximate surface area is 112 Å². The molecule has 0 aromatic heterocycles. The second-order valence-corrected chi connectivity index (χ2v) is 9.90. The van der Waals surface area contributed by atoms with E-state index in [1.807, 2.05) is 0 Å². The van der Waals surface area contributed by atoms with E-state index in [-0.39, 0.29) is 19.1 Å². The third-order valence-electron chi connectivity index (χ3n) is 2.15. The van der Waals surface area contributed by atoms with Gasteiger partial charge in [-0.15, -0.1) is 0 Å². The van der Waals surface area contributed by atoms with E-state index in [0.717, 1.165) is 0 Å². The molecule has 0 aliphatic carbocycles. The van der Waals surface area contributed by atoms with Gasteiger partial charge in [-0.05, 0) is 25.1 Å². The molecule has 0 spiro atoms. The average Bonchev–Trinajstić information content (AvgIpc) is 2.29. The normalized spacial score (nSPS) is 15.3. The molecule has 102 valence electrons. The third-order valence-corrected chi connectivity index (χ3v) is 8.91. The maximum atomic E-state index is 12.4. The lowest BCUT2D eigenvalue weighted by Gasteiger charge is -2.19. The Bertz CT molecular complexity index is 453. The summed E-state index contributed by atoms with van der Waals surface area (Å²) >= 11 is 6.04. The van der Waals surface area contributed by atoms with Gasteiger partial charge in [0.15, 0.2) is 0 Å². The number of halogens is 1. The molecule has 1 unspecified atom stereocenters. The van der Waals surface area contributed by atoms with Crippen molar-refractivity contribution in [2.45, 2.75) is 13.8 Å². The zero-order valence-electron chi connectivity index (χ0n) is 10.4. The van der Waals surface area contributed by atoms with Gasteiger partial charge in [-0.2, -0.15) is 0 Å². The minimum absolute atomic E-state index is 0.225. The summed E-state index contributed by atoms with van der Waals surface area (Å²) in [6, 6.07) is 8.56. The lowest BCUT2D eigenvalue weighted by atomic mass is 10.4. The molecular weight excluding hydrogens is 294 g/mol. The number of rotatable bonds is 7. The monoisotopic (exact) mass is 310 g/mol. The SMILES string of the molecule is CCOP(=O)(CP(=O)(Cl)c1ccccc1)OCC. The van der Waals surface area contributed by atoms with Crippen LogP contribution in [0.25, 0.3) is 0 Å². The first-order valence-electron chi connectivity index (χ1n) is 5.66. The first kappa shape index (κ1) is 15.9. The molecule has 18 heavy (non-hydrogen) atoms. The van der Waals surface area contributed by atoms with Crippen molar-refractivity contribution in [3.8, 4) is 0 Å². The van der Waals surface area contributed by atoms with Gasteiger partial charge in [-0.3, -0.25) is 4.57 Å². The Morgan fingerprint density at radius 1 is 1.06 bits per heavy atom. The Kier molecular flexibility index (Phi) is 6.10. The van der Waals surface area contributed by atoms with Gasteiger partial charge in [0.2, 0.25) is 6.49 Å². The van der Waals surface area contributed by atoms with Crippen LogP contribution in [0.5, 0.6) is 0 Å². The molecule has 4 nitrogen and oxygen atoms in total. The summed E-state index contributed by atoms with van der Waals surface area (Å²) in [7, 11) is -3.40. The van der Waals surface area contributed by atoms with Gasteiger partial charge in [-0.1, -0.05) is 30.3 Å². The molecule has 0 aliphatic rings. The molecule has 0 N–H and O–H groups in total. The molecule has 0 heterocycles. The lowest BCUT2D eigenvalue weighted by molar-refractivity contribution is 0.224. The summed E-state index contributed by atoms with van der Waals surface area (Å²) in [5, 5.41) is 0.464. The van der Waals surface area contributed by atoms with Crippen LogP contribution in [0.4, 0.5) is 0 Å². The molecule has 0 saturated heterocycles. The van der Waals surface area contributed by atoms with Crippen molar-refractivity contribution in [1.82, 2.24) is 0 Å². The van der Waals surface area contributed by atoms with Gasteiger partial charge >= 0.3 is 7.60 Å². The van der Waals surface area contributed by atoms with Gasteiger partial charge < -0.3 is 13.6 Å². The van der Waals surface area contributed by atoms with Crippen LogP contribution in [-0.4, -0.2) is 19.1 Å². The summed E-state index contributed by atoms with van der Waals surface area (Å²) in [6.45, 7) is 0.587. The van der Waals surface area contributed by atoms with E-state index >= 15 is 0 Å². The largest absolute Gasteiger partial charge is 0.339 e. The van der Waals surface area contributed by atoms with E-state index in [1.165, 1.54) is 0 Å². The lowest BCUT2D eigenvalue weighted by Crippen LogP contribution is -2.06. The van der Waals surface area contributed by atoms with Crippen LogP contribution in [-0.2, 0) is 18.2 Å². The summed E-state index contributed by atoms with van der Waals surface area (Å²) in [4.78, 5) is 0. The first-order valence-corrected chi connectivity index (χ1v) is 10.2. The Balaban J connectivity index is 2.93. The van der Waals surface area contributed by atoms with Gasteiger partial charge in [0.1, 0.15) is 5.90 Å². The predicted molar refractivity (Wildman–Crippen MR) is 75.3 cm³/mol. The van der Waals surface area contributed by atoms with Crippen LogP contribution in [0.2, 0.25) is 0 Å². The molecular formula is C11H17ClO4P2. The van der Waals surface area contributed by atoms with E-state index in [0.29, 0.717) is 5.30 Å². The molecule has 0 bridgehead atoms. The second-order valence-electron chi connectivity index (χ2n) is 3.57. The number of benzene rings is 1. The van der Waals surface area contributed by atoms with Crippen LogP contribution in [0.15, 0.2) is 30.3 Å². The molecule has 0 aliphatic heterocycles. The van der Waals surface area contributed by atoms with Crippen LogP contribution in [0.3, 0.4) is 0 Å². The minimum Gasteiger partial charge on any atom is -0.309 e. The van der Waals surface area contributed by atoms with Crippen molar-refractivity contribution in [2.24, 2.45) is 0 Å². The van der Waals surface area contributed by atoms with E-state index in [2.05, 4.69) is 0 Å². The molecule has 0 amide bonds. The molecule has 0 radical (unpaired) electrons. The maximum Gasteiger partial charge on any atom is 0.339 e. The quantitative estimate of drug-likeness (QED) is 0.713. The minimum atomic E-state index is -3.40. The topological polar surface area (TPSA) is 52.6 Å². The molecule has 1 atom stereocenters. The van der Waals surface area contributed by atoms with Crippen molar-refractivity contribution in [3.05, 3.63) is 30.3 Å². The van der Waals surface area contributed by atoms with Crippen molar-refractivity contribution >= 4 is 30.6 Å². The zero-order valence-corrected chi connectivity index (χ0v) is 13.0. The van der Waals surface area contributed by atoms with Crippen LogP contribution < -0.4 is 5.30 Å². The Morgan fingerprint density at radius 3 is 2.00 bits per heavy atom. The van der Waals surface area contributed by atoms with Crippen LogP contribution in [0, 0.1) is 0 Å². The molecule has 1 aromatic rings. The highest BCUT2D eigenvalue weighted by molar-refractivity contribution is 7.99. The fourth-order valence-electron chi connectivity index (χ4n) is 1.47. The Hall–Kier alpha value is -0.110. The zero-order chi connectivity index (χ0) is 13.6. The standard InChI is InChI=1S/C11H17ClO4P2/c1-3-15-18(14,16-4-2)10-17(12,13)11-8-6-5-7-9-11/h5-9H,3-4,10H2,1-2H3. The van der Waals surface area contributed by atoms with Gasteiger partial charge in [0.25, 0.3) is 0 Å². The van der Waals surface area contributed by atoms with Crippen molar-refractivity contribution in [1.29, 1.82) is 0 Å². The van der Waals surface area contributed by atoms with Crippen molar-refractivity contribution < 1.29 is 18.2 Å². The van der Waals surface area contributed by atoms with E-state index in [9.17, 15) is 9.13 Å². The highest BCUT2D eigenvalue weighted by atomic mass is 35.7. The summed E-state index contributed by atoms with van der Waals surface area (Å²) < 4.78 is 34.9. The number of hydrogen-bond donors (Lipinski definition) is 0. The van der Waals surface area contributed by atoms with Crippen LogP contribution in [0.1, 0.15) is 13.8 Å². The third kappa shape index (κ3) is 4.53. The Morgan fingerprint density at radius 2 is 1.56 bits per heavy atom. The summed E-state index contributed by atoms with van der Waals surface area (Å²) in [6.07, 6.45) is 0. The van der Waals surface area contributed by atoms with Crippen molar-refractivity contribution in [2.75, 3.05) is 19.1 Å². The molecule has 0 saturated carbocycles. The fraction of sp³-hybridized carbons (Fsp3) is 0.455.